The Hall–Kier alpha value is -3.20. The molecule has 0 bridgehead atoms. The fourth-order valence-electron chi connectivity index (χ4n) is 3.10. The van der Waals surface area contributed by atoms with Crippen molar-refractivity contribution < 1.29 is 14.0 Å². The normalized spacial score (nSPS) is 14.5. The van der Waals surface area contributed by atoms with Crippen molar-refractivity contribution in [3.05, 3.63) is 65.5 Å². The number of rotatable bonds is 3. The maximum Gasteiger partial charge on any atom is 0.321 e. The van der Waals surface area contributed by atoms with Gasteiger partial charge in [-0.2, -0.15) is 5.26 Å². The number of ketones is 1. The van der Waals surface area contributed by atoms with E-state index in [1.54, 1.807) is 17.0 Å². The van der Waals surface area contributed by atoms with Crippen molar-refractivity contribution in [3.8, 4) is 6.07 Å². The molecule has 26 heavy (non-hydrogen) atoms. The summed E-state index contributed by atoms with van der Waals surface area (Å²) in [6, 6.07) is 14.3. The lowest BCUT2D eigenvalue weighted by Crippen LogP contribution is -2.42. The number of carbonyl (C=O) groups is 2. The van der Waals surface area contributed by atoms with Crippen LogP contribution >= 0.6 is 0 Å². The molecular weight excluding hydrogens is 333 g/mol. The molecule has 0 unspecified atom stereocenters. The molecule has 1 aliphatic rings. The van der Waals surface area contributed by atoms with Gasteiger partial charge in [-0.05, 0) is 31.0 Å². The first kappa shape index (κ1) is 17.6. The summed E-state index contributed by atoms with van der Waals surface area (Å²) in [5, 5.41) is 11.7. The smallest absolute Gasteiger partial charge is 0.321 e. The summed E-state index contributed by atoms with van der Waals surface area (Å²) >= 11 is 0. The van der Waals surface area contributed by atoms with Crippen LogP contribution in [0.1, 0.15) is 28.8 Å². The summed E-state index contributed by atoms with van der Waals surface area (Å²) < 4.78 is 13.2. The molecule has 0 spiro atoms. The number of nitrogens with one attached hydrogen (secondary N) is 1. The first-order valence-corrected chi connectivity index (χ1v) is 8.43. The van der Waals surface area contributed by atoms with Gasteiger partial charge in [0.05, 0.1) is 11.3 Å². The van der Waals surface area contributed by atoms with E-state index >= 15 is 0 Å². The van der Waals surface area contributed by atoms with Gasteiger partial charge in [-0.3, -0.25) is 4.79 Å². The molecule has 0 atom stereocenters. The van der Waals surface area contributed by atoms with Crippen LogP contribution in [0.5, 0.6) is 0 Å². The fourth-order valence-corrected chi connectivity index (χ4v) is 3.10. The van der Waals surface area contributed by atoms with Crippen molar-refractivity contribution >= 4 is 17.5 Å². The average molecular weight is 351 g/mol. The summed E-state index contributed by atoms with van der Waals surface area (Å²) in [7, 11) is 0. The first-order chi connectivity index (χ1) is 12.6. The Kier molecular flexibility index (Phi) is 5.28. The lowest BCUT2D eigenvalue weighted by Gasteiger charge is -2.31. The number of likely N-dealkylation sites (tertiary alicyclic amines) is 1. The number of urea groups is 1. The van der Waals surface area contributed by atoms with Gasteiger partial charge in [0.2, 0.25) is 0 Å². The quantitative estimate of drug-likeness (QED) is 0.854. The zero-order valence-corrected chi connectivity index (χ0v) is 14.1. The van der Waals surface area contributed by atoms with Gasteiger partial charge in [-0.1, -0.05) is 30.3 Å². The highest BCUT2D eigenvalue weighted by Gasteiger charge is 2.28. The van der Waals surface area contributed by atoms with Gasteiger partial charge in [0.1, 0.15) is 11.9 Å². The maximum atomic E-state index is 13.2. The predicted octanol–water partition coefficient (Wildman–Crippen LogP) is 3.82. The summed E-state index contributed by atoms with van der Waals surface area (Å²) in [4.78, 5) is 26.5. The van der Waals surface area contributed by atoms with E-state index in [2.05, 4.69) is 5.32 Å². The van der Waals surface area contributed by atoms with Gasteiger partial charge in [0.15, 0.2) is 5.78 Å². The molecule has 0 radical (unpaired) electrons. The van der Waals surface area contributed by atoms with Crippen molar-refractivity contribution in [3.63, 3.8) is 0 Å². The van der Waals surface area contributed by atoms with E-state index in [4.69, 9.17) is 5.26 Å². The van der Waals surface area contributed by atoms with E-state index in [-0.39, 0.29) is 29.0 Å². The summed E-state index contributed by atoms with van der Waals surface area (Å²) in [6.07, 6.45) is 1.19. The maximum absolute atomic E-state index is 13.2. The first-order valence-electron chi connectivity index (χ1n) is 8.43. The molecule has 0 aliphatic carbocycles. The van der Waals surface area contributed by atoms with Crippen LogP contribution in [0.25, 0.3) is 0 Å². The molecule has 132 valence electrons. The summed E-state index contributed by atoms with van der Waals surface area (Å²) in [5.74, 6) is -0.516. The minimum Gasteiger partial charge on any atom is -0.324 e. The van der Waals surface area contributed by atoms with Crippen molar-refractivity contribution in [2.75, 3.05) is 18.4 Å². The molecule has 0 saturated carbocycles. The number of Topliss-reactive ketones (excluding diaryl/α,β-unsaturated/α-hetero) is 1. The largest absolute Gasteiger partial charge is 0.324 e. The monoisotopic (exact) mass is 351 g/mol. The minimum atomic E-state index is -0.528. The zero-order valence-electron chi connectivity index (χ0n) is 14.1. The molecule has 2 amide bonds. The minimum absolute atomic E-state index is 0.0764. The molecule has 1 N–H and O–H groups in total. The molecule has 0 aromatic heterocycles. The molecule has 2 aromatic carbocycles. The van der Waals surface area contributed by atoms with Gasteiger partial charge >= 0.3 is 6.03 Å². The number of benzene rings is 2. The number of halogens is 1. The van der Waals surface area contributed by atoms with Gasteiger partial charge in [0, 0.05) is 24.6 Å². The van der Waals surface area contributed by atoms with E-state index in [1.807, 2.05) is 24.3 Å². The van der Waals surface area contributed by atoms with Crippen molar-refractivity contribution in [2.45, 2.75) is 12.8 Å². The lowest BCUT2D eigenvalue weighted by molar-refractivity contribution is 0.0859. The molecule has 1 fully saturated rings. The molecule has 1 saturated heterocycles. The number of amides is 2. The Balaban J connectivity index is 1.59. The van der Waals surface area contributed by atoms with Crippen LogP contribution in [0.4, 0.5) is 14.9 Å². The standard InChI is InChI=1S/C20H18FN3O2/c21-17-6-7-18(16(12-17)13-22)23-20(26)24-10-8-15(9-11-24)19(25)14-4-2-1-3-5-14/h1-7,12,15H,8-11H2,(H,23,26). The molecule has 6 heteroatoms. The predicted molar refractivity (Wildman–Crippen MR) is 95.2 cm³/mol. The Bertz CT molecular complexity index is 853. The topological polar surface area (TPSA) is 73.2 Å². The van der Waals surface area contributed by atoms with Crippen molar-refractivity contribution in [1.82, 2.24) is 4.90 Å². The molecular formula is C20H18FN3O2. The summed E-state index contributed by atoms with van der Waals surface area (Å²) in [6.45, 7) is 0.913. The van der Waals surface area contributed by atoms with Crippen LogP contribution in [0, 0.1) is 23.1 Å². The number of hydrogen-bond donors (Lipinski definition) is 1. The van der Waals surface area contributed by atoms with Gasteiger partial charge in [0.25, 0.3) is 0 Å². The molecule has 3 rings (SSSR count). The Morgan fingerprint density at radius 2 is 1.81 bits per heavy atom. The van der Waals surface area contributed by atoms with Gasteiger partial charge < -0.3 is 10.2 Å². The molecule has 1 heterocycles. The highest BCUT2D eigenvalue weighted by Crippen LogP contribution is 2.23. The Morgan fingerprint density at radius 3 is 2.46 bits per heavy atom. The summed E-state index contributed by atoms with van der Waals surface area (Å²) in [5.41, 5.74) is 1.05. The highest BCUT2D eigenvalue weighted by molar-refractivity contribution is 5.98. The average Bonchev–Trinajstić information content (AvgIpc) is 2.69. The number of nitrogens with zero attached hydrogens (tertiary/aromatic N) is 2. The van der Waals surface area contributed by atoms with E-state index in [0.29, 0.717) is 31.5 Å². The second kappa shape index (κ2) is 7.79. The fraction of sp³-hybridized carbons (Fsp3) is 0.250. The zero-order chi connectivity index (χ0) is 18.5. The van der Waals surface area contributed by atoms with Gasteiger partial charge in [-0.15, -0.1) is 0 Å². The van der Waals surface area contributed by atoms with Crippen LogP contribution in [0.3, 0.4) is 0 Å². The van der Waals surface area contributed by atoms with Crippen LogP contribution in [0.2, 0.25) is 0 Å². The van der Waals surface area contributed by atoms with Gasteiger partial charge in [-0.25, -0.2) is 9.18 Å². The molecule has 2 aromatic rings. The Morgan fingerprint density at radius 1 is 1.12 bits per heavy atom. The van der Waals surface area contributed by atoms with Crippen molar-refractivity contribution in [1.29, 1.82) is 5.26 Å². The third-order valence-corrected chi connectivity index (χ3v) is 4.55. The van der Waals surface area contributed by atoms with E-state index in [9.17, 15) is 14.0 Å². The van der Waals surface area contributed by atoms with Crippen LogP contribution in [-0.4, -0.2) is 29.8 Å². The van der Waals surface area contributed by atoms with Crippen LogP contribution in [-0.2, 0) is 0 Å². The van der Waals surface area contributed by atoms with E-state index < -0.39 is 5.82 Å². The van der Waals surface area contributed by atoms with E-state index in [1.165, 1.54) is 12.1 Å². The number of hydrogen-bond acceptors (Lipinski definition) is 3. The third kappa shape index (κ3) is 3.89. The Labute approximate surface area is 151 Å². The molecule has 5 nitrogen and oxygen atoms in total. The number of piperidine rings is 1. The second-order valence-electron chi connectivity index (χ2n) is 6.22. The third-order valence-electron chi connectivity index (χ3n) is 4.55. The molecule has 1 aliphatic heterocycles. The van der Waals surface area contributed by atoms with Crippen LogP contribution < -0.4 is 5.32 Å². The SMILES string of the molecule is N#Cc1cc(F)ccc1NC(=O)N1CCC(C(=O)c2ccccc2)CC1. The number of anilines is 1. The van der Waals surface area contributed by atoms with Crippen molar-refractivity contribution in [2.24, 2.45) is 5.92 Å². The lowest BCUT2D eigenvalue weighted by atomic mass is 9.89. The number of nitriles is 1. The van der Waals surface area contributed by atoms with Crippen LogP contribution in [0.15, 0.2) is 48.5 Å². The van der Waals surface area contributed by atoms with E-state index in [0.717, 1.165) is 6.07 Å². The highest BCUT2D eigenvalue weighted by atomic mass is 19.1. The second-order valence-corrected chi connectivity index (χ2v) is 6.22. The number of carbonyl (C=O) groups excluding carboxylic acids is 2.